The molecule has 0 unspecified atom stereocenters. The number of aromatic hydroxyl groups is 1. The van der Waals surface area contributed by atoms with Crippen LogP contribution < -0.4 is 27.2 Å². The van der Waals surface area contributed by atoms with Crippen molar-refractivity contribution in [2.24, 2.45) is 0 Å². The fourth-order valence-electron chi connectivity index (χ4n) is 3.15. The third-order valence-electron chi connectivity index (χ3n) is 4.85. The first-order valence-corrected chi connectivity index (χ1v) is 9.36. The lowest BCUT2D eigenvalue weighted by molar-refractivity contribution is 0.0688. The lowest BCUT2D eigenvalue weighted by Gasteiger charge is -2.12. The Labute approximate surface area is 182 Å². The Morgan fingerprint density at radius 1 is 1.12 bits per heavy atom. The third-order valence-corrected chi connectivity index (χ3v) is 4.85. The molecule has 4 rings (SSSR count). The second kappa shape index (κ2) is 8.03. The van der Waals surface area contributed by atoms with Crippen molar-refractivity contribution < 1.29 is 24.2 Å². The number of halogens is 1. The molecule has 0 atom stereocenters. The summed E-state index contributed by atoms with van der Waals surface area (Å²) in [5.41, 5.74) is 3.68. The molecule has 2 aromatic heterocycles. The minimum absolute atomic E-state index is 0.0523. The summed E-state index contributed by atoms with van der Waals surface area (Å²) in [6, 6.07) is 5.07. The van der Waals surface area contributed by atoms with Crippen LogP contribution in [-0.4, -0.2) is 36.5 Å². The fraction of sp³-hybridized carbons (Fsp3) is 0.100. The first-order chi connectivity index (χ1) is 15.7. The van der Waals surface area contributed by atoms with Gasteiger partial charge in [0, 0.05) is 24.7 Å². The minimum atomic E-state index is -1.35. The number of nitrogens with two attached hydrogens (primary N) is 1. The second-order valence-corrected chi connectivity index (χ2v) is 7.01. The number of carboxylic acid groups (broad SMARTS) is 1. The summed E-state index contributed by atoms with van der Waals surface area (Å²) in [5, 5.41) is 24.0. The lowest BCUT2D eigenvalue weighted by Crippen LogP contribution is -2.37. The van der Waals surface area contributed by atoms with Crippen LogP contribution in [0.4, 0.5) is 15.8 Å². The molecule has 0 aliphatic heterocycles. The predicted molar refractivity (Wildman–Crippen MR) is 112 cm³/mol. The van der Waals surface area contributed by atoms with Crippen molar-refractivity contribution in [1.82, 2.24) is 19.7 Å². The number of carboxylic acids is 1. The van der Waals surface area contributed by atoms with Gasteiger partial charge in [-0.15, -0.1) is 0 Å². The summed E-state index contributed by atoms with van der Waals surface area (Å²) in [4.78, 5) is 54.2. The third kappa shape index (κ3) is 3.94. The maximum absolute atomic E-state index is 14.1. The zero-order valence-corrected chi connectivity index (χ0v) is 16.6. The van der Waals surface area contributed by atoms with Crippen LogP contribution in [0.25, 0.3) is 5.78 Å². The molecule has 2 heterocycles. The van der Waals surface area contributed by atoms with Crippen molar-refractivity contribution in [2.75, 3.05) is 11.1 Å². The van der Waals surface area contributed by atoms with Crippen molar-refractivity contribution in [3.63, 3.8) is 0 Å². The van der Waals surface area contributed by atoms with E-state index in [1.54, 1.807) is 0 Å². The normalized spacial score (nSPS) is 11.1. The zero-order chi connectivity index (χ0) is 23.9. The summed E-state index contributed by atoms with van der Waals surface area (Å²) in [6.45, 7) is -0.171. The van der Waals surface area contributed by atoms with Gasteiger partial charge in [0.15, 0.2) is 0 Å². The standard InChI is InChI=1S/C20H15FN6O6/c21-10-2-1-8(3-9(10)6-23-15-14(22)16(29)17(15)30)5-24-18(31)11-4-12(19(32)33)27-7-13(28)26-20(27)25-11/h1-4,7,23,28H,5-6,22H2,(H,24,31)(H,32,33). The van der Waals surface area contributed by atoms with Gasteiger partial charge in [0.05, 0.1) is 6.20 Å². The topological polar surface area (TPSA) is 189 Å². The number of aromatic nitrogens is 3. The van der Waals surface area contributed by atoms with Gasteiger partial charge in [-0.2, -0.15) is 4.98 Å². The van der Waals surface area contributed by atoms with Crippen LogP contribution in [0.15, 0.2) is 40.1 Å². The Morgan fingerprint density at radius 2 is 1.88 bits per heavy atom. The second-order valence-electron chi connectivity index (χ2n) is 7.01. The van der Waals surface area contributed by atoms with Crippen molar-refractivity contribution in [3.8, 4) is 5.88 Å². The van der Waals surface area contributed by atoms with Gasteiger partial charge in [-0.25, -0.2) is 14.2 Å². The van der Waals surface area contributed by atoms with E-state index in [0.29, 0.717) is 5.56 Å². The van der Waals surface area contributed by atoms with E-state index in [0.717, 1.165) is 16.7 Å². The Morgan fingerprint density at radius 3 is 2.58 bits per heavy atom. The smallest absolute Gasteiger partial charge is 0.353 e. The van der Waals surface area contributed by atoms with E-state index in [1.807, 2.05) is 0 Å². The molecule has 0 bridgehead atoms. The number of hydrogen-bond acceptors (Lipinski definition) is 9. The van der Waals surface area contributed by atoms with Gasteiger partial charge >= 0.3 is 5.97 Å². The van der Waals surface area contributed by atoms with Gasteiger partial charge in [0.1, 0.15) is 28.6 Å². The van der Waals surface area contributed by atoms with Crippen LogP contribution in [0.5, 0.6) is 5.88 Å². The van der Waals surface area contributed by atoms with E-state index in [2.05, 4.69) is 20.6 Å². The molecule has 0 aliphatic rings. The quantitative estimate of drug-likeness (QED) is 0.238. The van der Waals surface area contributed by atoms with Crippen LogP contribution in [0.1, 0.15) is 32.1 Å². The van der Waals surface area contributed by atoms with E-state index in [9.17, 15) is 33.8 Å². The van der Waals surface area contributed by atoms with Crippen LogP contribution in [0.2, 0.25) is 0 Å². The molecule has 168 valence electrons. The van der Waals surface area contributed by atoms with Crippen LogP contribution >= 0.6 is 0 Å². The Bertz CT molecular complexity index is 1500. The maximum atomic E-state index is 14.1. The molecule has 0 radical (unpaired) electrons. The van der Waals surface area contributed by atoms with Crippen molar-refractivity contribution >= 4 is 29.0 Å². The molecular weight excluding hydrogens is 439 g/mol. The number of imidazole rings is 1. The number of hydrogen-bond donors (Lipinski definition) is 5. The molecule has 4 aromatic rings. The summed E-state index contributed by atoms with van der Waals surface area (Å²) in [7, 11) is 0. The molecule has 33 heavy (non-hydrogen) atoms. The number of nitrogen functional groups attached to an aromatic ring is 1. The summed E-state index contributed by atoms with van der Waals surface area (Å²) >= 11 is 0. The highest BCUT2D eigenvalue weighted by Crippen LogP contribution is 2.16. The van der Waals surface area contributed by atoms with Crippen LogP contribution in [0.3, 0.4) is 0 Å². The molecule has 13 heteroatoms. The van der Waals surface area contributed by atoms with Crippen molar-refractivity contribution in [2.45, 2.75) is 13.1 Å². The first-order valence-electron chi connectivity index (χ1n) is 9.36. The van der Waals surface area contributed by atoms with Gasteiger partial charge in [-0.1, -0.05) is 6.07 Å². The predicted octanol–water partition coefficient (Wildman–Crippen LogP) is -0.00750. The number of amides is 1. The van der Waals surface area contributed by atoms with Crippen LogP contribution in [-0.2, 0) is 13.1 Å². The van der Waals surface area contributed by atoms with Gasteiger partial charge in [-0.05, 0) is 17.7 Å². The summed E-state index contributed by atoms with van der Waals surface area (Å²) in [6.07, 6.45) is 1.05. The molecule has 0 fully saturated rings. The number of aromatic carboxylic acids is 1. The summed E-state index contributed by atoms with van der Waals surface area (Å²) < 4.78 is 15.1. The SMILES string of the molecule is Nc1c(NCc2cc(CNC(=O)c3cc(C(=O)O)n4cc(O)nc4n3)ccc2F)c(=O)c1=O. The average molecular weight is 454 g/mol. The van der Waals surface area contributed by atoms with Gasteiger partial charge in [-0.3, -0.25) is 18.8 Å². The molecule has 0 spiro atoms. The number of nitrogens with zero attached hydrogens (tertiary/aromatic N) is 3. The molecule has 1 amide bonds. The van der Waals surface area contributed by atoms with Gasteiger partial charge in [0.25, 0.3) is 16.8 Å². The number of rotatable bonds is 7. The van der Waals surface area contributed by atoms with E-state index in [-0.39, 0.29) is 47.2 Å². The van der Waals surface area contributed by atoms with Crippen molar-refractivity contribution in [3.05, 3.63) is 79.2 Å². The van der Waals surface area contributed by atoms with E-state index in [4.69, 9.17) is 5.73 Å². The van der Waals surface area contributed by atoms with Gasteiger partial charge in [0.2, 0.25) is 11.7 Å². The lowest BCUT2D eigenvalue weighted by atomic mass is 10.1. The van der Waals surface area contributed by atoms with E-state index in [1.165, 1.54) is 18.2 Å². The average Bonchev–Trinajstić information content (AvgIpc) is 3.17. The number of benzene rings is 1. The Kier molecular flexibility index (Phi) is 5.21. The minimum Gasteiger partial charge on any atom is -0.492 e. The number of nitrogens with one attached hydrogen (secondary N) is 2. The molecule has 2 aromatic carbocycles. The first kappa shape index (κ1) is 21.4. The van der Waals surface area contributed by atoms with E-state index >= 15 is 0 Å². The fourth-order valence-corrected chi connectivity index (χ4v) is 3.15. The van der Waals surface area contributed by atoms with Gasteiger partial charge < -0.3 is 26.6 Å². The molecular formula is C20H15FN6O6. The highest BCUT2D eigenvalue weighted by molar-refractivity contribution is 5.95. The molecule has 0 saturated carbocycles. The van der Waals surface area contributed by atoms with Crippen molar-refractivity contribution in [1.29, 1.82) is 0 Å². The Hall–Kier alpha value is -4.81. The number of anilines is 2. The number of carbonyl (C=O) groups excluding carboxylic acids is 1. The number of fused-ring (bicyclic) bond motifs is 1. The summed E-state index contributed by atoms with van der Waals surface area (Å²) in [5.74, 6) is -3.28. The van der Waals surface area contributed by atoms with E-state index < -0.39 is 34.4 Å². The van der Waals surface area contributed by atoms with Crippen LogP contribution in [0, 0.1) is 5.82 Å². The molecule has 12 nitrogen and oxygen atoms in total. The molecule has 0 aliphatic carbocycles. The Balaban J connectivity index is 1.48. The monoisotopic (exact) mass is 454 g/mol. The highest BCUT2D eigenvalue weighted by Gasteiger charge is 2.19. The maximum Gasteiger partial charge on any atom is 0.353 e. The number of carbonyl (C=O) groups is 2. The highest BCUT2D eigenvalue weighted by atomic mass is 19.1. The molecule has 0 saturated heterocycles. The zero-order valence-electron chi connectivity index (χ0n) is 16.6. The largest absolute Gasteiger partial charge is 0.492 e. The molecule has 6 N–H and O–H groups in total.